The zero-order valence-electron chi connectivity index (χ0n) is 10.9. The van der Waals surface area contributed by atoms with Crippen molar-refractivity contribution in [1.82, 2.24) is 0 Å². The van der Waals surface area contributed by atoms with Crippen LogP contribution in [-0.2, 0) is 6.42 Å². The molecule has 0 fully saturated rings. The molecule has 0 bridgehead atoms. The van der Waals surface area contributed by atoms with Gasteiger partial charge in [0.1, 0.15) is 0 Å². The van der Waals surface area contributed by atoms with Crippen LogP contribution in [0.25, 0.3) is 0 Å². The normalized spacial score (nSPS) is 9.50. The molecule has 0 spiro atoms. The van der Waals surface area contributed by atoms with Gasteiger partial charge in [-0.3, -0.25) is 0 Å². The van der Waals surface area contributed by atoms with Gasteiger partial charge in [0.2, 0.25) is 0 Å². The summed E-state index contributed by atoms with van der Waals surface area (Å²) in [5, 5.41) is 0. The fourth-order valence-corrected chi connectivity index (χ4v) is 0.834. The van der Waals surface area contributed by atoms with E-state index in [0.717, 1.165) is 12.3 Å². The second kappa shape index (κ2) is 10.9. The van der Waals surface area contributed by atoms with Crippen LogP contribution in [0.15, 0.2) is 42.5 Å². The van der Waals surface area contributed by atoms with E-state index in [1.807, 2.05) is 24.3 Å². The van der Waals surface area contributed by atoms with Gasteiger partial charge < -0.3 is 0 Å². The Bertz CT molecular complexity index is 249. The van der Waals surface area contributed by atoms with Gasteiger partial charge in [-0.25, -0.2) is 19.1 Å². The standard InChI is InChI=1S/C10H11.C5H12.Rf/c1-2-3-7-10-8-5-4-6-9-10;1-4-5(2)3;/h2-6,8-9H,1,7H2;5H,4H2,1-3H3;/q-1;;. The van der Waals surface area contributed by atoms with Crippen LogP contribution in [-0.4, -0.2) is 0 Å². The summed E-state index contributed by atoms with van der Waals surface area (Å²) >= 11 is 0. The summed E-state index contributed by atoms with van der Waals surface area (Å²) in [7, 11) is 0. The number of hydrogen-bond donors (Lipinski definition) is 0. The van der Waals surface area contributed by atoms with Gasteiger partial charge in [0.25, 0.3) is 0 Å². The molecule has 1 heteroatoms. The van der Waals surface area contributed by atoms with Gasteiger partial charge in [-0.15, -0.1) is 0 Å². The molecule has 0 amide bonds. The molecule has 0 saturated heterocycles. The third-order valence-corrected chi connectivity index (χ3v) is 2.18. The molecule has 16 heavy (non-hydrogen) atoms. The second-order valence-corrected chi connectivity index (χ2v) is 3.96. The first-order chi connectivity index (χ1) is 7.20. The first-order valence-corrected chi connectivity index (χ1v) is 5.68. The molecule has 0 saturated carbocycles. The minimum atomic E-state index is 0. The van der Waals surface area contributed by atoms with Gasteiger partial charge in [0.05, 0.1) is 0 Å². The maximum absolute atomic E-state index is 3.62. The van der Waals surface area contributed by atoms with Gasteiger partial charge in [0.15, 0.2) is 0 Å². The topological polar surface area (TPSA) is 0 Å². The molecule has 0 N–H and O–H groups in total. The molecule has 1 rings (SSSR count). The van der Waals surface area contributed by atoms with Crippen molar-refractivity contribution in [1.29, 1.82) is 0 Å². The Labute approximate surface area is 95.0 Å². The number of rotatable bonds is 3. The van der Waals surface area contributed by atoms with Crippen molar-refractivity contribution in [3.63, 3.8) is 0 Å². The van der Waals surface area contributed by atoms with E-state index in [4.69, 9.17) is 0 Å². The minimum Gasteiger partial charge on any atom is -0.245 e. The van der Waals surface area contributed by atoms with Crippen LogP contribution in [0.4, 0.5) is 0 Å². The fourth-order valence-electron chi connectivity index (χ4n) is 0.834. The summed E-state index contributed by atoms with van der Waals surface area (Å²) in [6.45, 7) is 10.3. The van der Waals surface area contributed by atoms with E-state index in [1.54, 1.807) is 0 Å². The van der Waals surface area contributed by atoms with Crippen molar-refractivity contribution in [3.05, 3.63) is 55.0 Å². The Morgan fingerprint density at radius 1 is 1.19 bits per heavy atom. The number of benzene rings is 1. The SMILES string of the molecule is CCC(C)C.[CH2-]C=CCc1ccccc1.[Rf]. The van der Waals surface area contributed by atoms with E-state index in [9.17, 15) is 0 Å². The van der Waals surface area contributed by atoms with Crippen LogP contribution < -0.4 is 0 Å². The zero-order chi connectivity index (χ0) is 11.5. The predicted octanol–water partition coefficient (Wildman–Crippen LogP) is 4.67. The second-order valence-electron chi connectivity index (χ2n) is 3.96. The van der Waals surface area contributed by atoms with Crippen molar-refractivity contribution in [3.8, 4) is 0 Å². The number of allylic oxidation sites excluding steroid dienone is 2. The average molecular weight is 470 g/mol. The fraction of sp³-hybridized carbons (Fsp3) is 0.400. The van der Waals surface area contributed by atoms with Crippen LogP contribution in [0, 0.1) is 12.8 Å². The van der Waals surface area contributed by atoms with Crippen molar-refractivity contribution in [2.45, 2.75) is 33.6 Å². The zero-order valence-corrected chi connectivity index (χ0v) is 17.3. The smallest absolute Gasteiger partial charge is 0 e. The van der Waals surface area contributed by atoms with E-state index in [2.05, 4.69) is 45.9 Å². The molecule has 0 heterocycles. The van der Waals surface area contributed by atoms with Gasteiger partial charge in [0, 0.05) is 0 Å². The Morgan fingerprint density at radius 2 is 1.69 bits per heavy atom. The summed E-state index contributed by atoms with van der Waals surface area (Å²) in [6, 6.07) is 10.3. The molecule has 0 radical (unpaired) electrons. The molecule has 86 valence electrons. The Kier molecular flexibility index (Phi) is 11.1. The van der Waals surface area contributed by atoms with Crippen LogP contribution in [0.1, 0.15) is 32.8 Å². The molecule has 0 aliphatic rings. The Hall–Kier alpha value is -2.17. The van der Waals surface area contributed by atoms with E-state index < -0.39 is 0 Å². The summed E-state index contributed by atoms with van der Waals surface area (Å²) in [5.41, 5.74) is 1.34. The number of hydrogen-bond acceptors (Lipinski definition) is 0. The molecule has 0 atom stereocenters. The third kappa shape index (κ3) is 9.91. The van der Waals surface area contributed by atoms with Gasteiger partial charge in [-0.1, -0.05) is 69.5 Å². The monoisotopic (exact) mass is 470 g/mol. The van der Waals surface area contributed by atoms with Crippen LogP contribution >= 0.6 is 0 Å². The minimum absolute atomic E-state index is 0. The van der Waals surface area contributed by atoms with Crippen molar-refractivity contribution >= 4 is 0 Å². The summed E-state index contributed by atoms with van der Waals surface area (Å²) < 4.78 is 0. The van der Waals surface area contributed by atoms with E-state index in [-0.39, 0.29) is 0 Å². The maximum Gasteiger partial charge on any atom is 0 e. The third-order valence-electron chi connectivity index (χ3n) is 2.18. The van der Waals surface area contributed by atoms with Gasteiger partial charge >= 0.3 is 0 Å². The predicted molar refractivity (Wildman–Crippen MR) is 69.8 cm³/mol. The molecule has 1 aromatic carbocycles. The Balaban J connectivity index is 0. The van der Waals surface area contributed by atoms with Crippen LogP contribution in [0.5, 0.6) is 0 Å². The quantitative estimate of drug-likeness (QED) is 0.564. The van der Waals surface area contributed by atoms with Crippen molar-refractivity contribution in [2.75, 3.05) is 0 Å². The first-order valence-electron chi connectivity index (χ1n) is 5.68. The molecule has 1 aromatic rings. The van der Waals surface area contributed by atoms with E-state index in [1.165, 1.54) is 12.0 Å². The molecular weight excluding hydrogens is 447 g/mol. The van der Waals surface area contributed by atoms with E-state index in [0.29, 0.717) is 0 Å². The summed E-state index contributed by atoms with van der Waals surface area (Å²) in [5.74, 6) is 0.884. The van der Waals surface area contributed by atoms with Crippen LogP contribution in [0.3, 0.4) is 0 Å². The van der Waals surface area contributed by atoms with Crippen LogP contribution in [0.2, 0.25) is 0 Å². The van der Waals surface area contributed by atoms with E-state index >= 15 is 0 Å². The average Bonchev–Trinajstić information content (AvgIpc) is 2.28. The van der Waals surface area contributed by atoms with Crippen molar-refractivity contribution in [2.24, 2.45) is 5.92 Å². The summed E-state index contributed by atoms with van der Waals surface area (Å²) in [6.07, 6.45) is 6.17. The largest absolute Gasteiger partial charge is 0.245 e. The first kappa shape index (κ1) is 16.3. The molecular formula is C15H23Rf-. The molecule has 0 aliphatic carbocycles. The van der Waals surface area contributed by atoms with Gasteiger partial charge in [-0.05, 0) is 5.92 Å². The van der Waals surface area contributed by atoms with Crippen molar-refractivity contribution < 1.29 is 0 Å². The molecule has 0 nitrogen and oxygen atoms in total. The molecule has 0 aliphatic heterocycles. The Morgan fingerprint density at radius 3 is 2.06 bits per heavy atom. The molecule has 0 aromatic heterocycles. The maximum atomic E-state index is 3.62. The molecule has 0 unspecified atom stereocenters. The van der Waals surface area contributed by atoms with Gasteiger partial charge in [-0.2, -0.15) is 0 Å². The summed E-state index contributed by atoms with van der Waals surface area (Å²) in [4.78, 5) is 0.